The number of unbranched alkanes of at least 4 members (excludes halogenated alkanes) is 3. The third-order valence-electron chi connectivity index (χ3n) is 2.28. The van der Waals surface area contributed by atoms with E-state index in [1.165, 1.54) is 12.8 Å². The maximum Gasteiger partial charge on any atom is 0.209 e. The second kappa shape index (κ2) is 5.12. The summed E-state index contributed by atoms with van der Waals surface area (Å²) in [6.07, 6.45) is 8.42. The fourth-order valence-corrected chi connectivity index (χ4v) is 3.32. The van der Waals surface area contributed by atoms with Crippen LogP contribution in [0.25, 0.3) is 0 Å². The van der Waals surface area contributed by atoms with Gasteiger partial charge in [0.05, 0.1) is 0 Å². The van der Waals surface area contributed by atoms with Crippen LogP contribution in [0.4, 0.5) is 0 Å². The Morgan fingerprint density at radius 1 is 1.21 bits per heavy atom. The second-order valence-electron chi connectivity index (χ2n) is 3.42. The van der Waals surface area contributed by atoms with E-state index in [1.54, 1.807) is 12.2 Å². The zero-order chi connectivity index (χ0) is 10.6. The molecule has 14 heavy (non-hydrogen) atoms. The fourth-order valence-electron chi connectivity index (χ4n) is 1.41. The van der Waals surface area contributed by atoms with E-state index in [0.29, 0.717) is 15.1 Å². The smallest absolute Gasteiger partial charge is 0.209 e. The summed E-state index contributed by atoms with van der Waals surface area (Å²) in [5, 5.41) is 0. The average Bonchev–Trinajstić information content (AvgIpc) is 2.38. The molecule has 0 radical (unpaired) electrons. The van der Waals surface area contributed by atoms with Crippen LogP contribution >= 0.6 is 15.9 Å². The van der Waals surface area contributed by atoms with Gasteiger partial charge in [-0.25, -0.2) is 8.42 Å². The SMILES string of the molecule is CCCCCCC1=CC=C(Br)S1(=O)=O. The van der Waals surface area contributed by atoms with E-state index in [9.17, 15) is 8.42 Å². The molecular weight excluding hydrogens is 264 g/mol. The Morgan fingerprint density at radius 2 is 1.93 bits per heavy atom. The summed E-state index contributed by atoms with van der Waals surface area (Å²) in [4.78, 5) is 0.556. The maximum absolute atomic E-state index is 11.6. The van der Waals surface area contributed by atoms with Crippen molar-refractivity contribution >= 4 is 25.8 Å². The fraction of sp³-hybridized carbons (Fsp3) is 0.600. The first kappa shape index (κ1) is 12.0. The number of hydrogen-bond acceptors (Lipinski definition) is 2. The van der Waals surface area contributed by atoms with E-state index < -0.39 is 9.84 Å². The second-order valence-corrected chi connectivity index (χ2v) is 6.77. The zero-order valence-corrected chi connectivity index (χ0v) is 10.7. The van der Waals surface area contributed by atoms with Crippen LogP contribution in [-0.4, -0.2) is 8.42 Å². The van der Waals surface area contributed by atoms with Crippen molar-refractivity contribution in [2.24, 2.45) is 0 Å². The van der Waals surface area contributed by atoms with Crippen LogP contribution in [0, 0.1) is 0 Å². The first-order valence-electron chi connectivity index (χ1n) is 4.90. The van der Waals surface area contributed by atoms with Crippen LogP contribution in [0.3, 0.4) is 0 Å². The number of halogens is 1. The summed E-state index contributed by atoms with van der Waals surface area (Å²) in [6.45, 7) is 2.14. The summed E-state index contributed by atoms with van der Waals surface area (Å²) < 4.78 is 23.4. The predicted molar refractivity (Wildman–Crippen MR) is 62.8 cm³/mol. The normalized spacial score (nSPS) is 19.3. The van der Waals surface area contributed by atoms with Crippen LogP contribution in [0.2, 0.25) is 0 Å². The van der Waals surface area contributed by atoms with Gasteiger partial charge < -0.3 is 0 Å². The van der Waals surface area contributed by atoms with Gasteiger partial charge in [0.25, 0.3) is 0 Å². The minimum Gasteiger partial charge on any atom is -0.218 e. The van der Waals surface area contributed by atoms with Crippen molar-refractivity contribution in [1.29, 1.82) is 0 Å². The lowest BCUT2D eigenvalue weighted by Gasteiger charge is -2.02. The van der Waals surface area contributed by atoms with Gasteiger partial charge in [-0.1, -0.05) is 26.2 Å². The van der Waals surface area contributed by atoms with Gasteiger partial charge in [-0.2, -0.15) is 0 Å². The molecule has 0 aromatic carbocycles. The molecular formula is C10H15BrO2S. The van der Waals surface area contributed by atoms with Crippen LogP contribution in [-0.2, 0) is 9.84 Å². The van der Waals surface area contributed by atoms with Crippen LogP contribution in [0.1, 0.15) is 39.0 Å². The van der Waals surface area contributed by atoms with Crippen molar-refractivity contribution in [1.82, 2.24) is 0 Å². The summed E-state index contributed by atoms with van der Waals surface area (Å²) in [6, 6.07) is 0. The highest BCUT2D eigenvalue weighted by Gasteiger charge is 2.24. The molecule has 4 heteroatoms. The van der Waals surface area contributed by atoms with E-state index in [4.69, 9.17) is 0 Å². The third-order valence-corrected chi connectivity index (χ3v) is 5.50. The molecule has 1 rings (SSSR count). The van der Waals surface area contributed by atoms with Crippen LogP contribution in [0.5, 0.6) is 0 Å². The van der Waals surface area contributed by atoms with Crippen molar-refractivity contribution in [3.05, 3.63) is 20.9 Å². The van der Waals surface area contributed by atoms with Crippen molar-refractivity contribution in [2.75, 3.05) is 0 Å². The molecule has 1 heterocycles. The number of rotatable bonds is 5. The molecule has 1 aliphatic heterocycles. The third kappa shape index (κ3) is 2.70. The Balaban J connectivity index is 2.43. The van der Waals surface area contributed by atoms with Crippen LogP contribution in [0.15, 0.2) is 20.9 Å². The molecule has 0 saturated heterocycles. The van der Waals surface area contributed by atoms with Gasteiger partial charge >= 0.3 is 0 Å². The highest BCUT2D eigenvalue weighted by molar-refractivity contribution is 9.13. The lowest BCUT2D eigenvalue weighted by molar-refractivity contribution is 0.605. The summed E-state index contributed by atoms with van der Waals surface area (Å²) in [7, 11) is -3.11. The maximum atomic E-state index is 11.6. The minimum absolute atomic E-state index is 0.301. The highest BCUT2D eigenvalue weighted by Crippen LogP contribution is 2.31. The molecule has 0 saturated carbocycles. The van der Waals surface area contributed by atoms with E-state index in [-0.39, 0.29) is 0 Å². The predicted octanol–water partition coefficient (Wildman–Crippen LogP) is 3.51. The molecule has 0 aromatic rings. The Kier molecular flexibility index (Phi) is 4.38. The van der Waals surface area contributed by atoms with Gasteiger partial charge in [0.2, 0.25) is 9.84 Å². The highest BCUT2D eigenvalue weighted by atomic mass is 79.9. The lowest BCUT2D eigenvalue weighted by atomic mass is 10.1. The average molecular weight is 279 g/mol. The Bertz CT molecular complexity index is 352. The number of allylic oxidation sites excluding steroid dienone is 3. The largest absolute Gasteiger partial charge is 0.218 e. The first-order chi connectivity index (χ1) is 6.59. The number of sulfone groups is 1. The minimum atomic E-state index is -3.11. The molecule has 0 spiro atoms. The van der Waals surface area contributed by atoms with Crippen molar-refractivity contribution < 1.29 is 8.42 Å². The van der Waals surface area contributed by atoms with Crippen molar-refractivity contribution in [2.45, 2.75) is 39.0 Å². The first-order valence-corrected chi connectivity index (χ1v) is 7.18. The van der Waals surface area contributed by atoms with Crippen molar-refractivity contribution in [3.8, 4) is 0 Å². The Labute approximate surface area is 94.1 Å². The Morgan fingerprint density at radius 3 is 2.43 bits per heavy atom. The van der Waals surface area contributed by atoms with E-state index in [1.807, 2.05) is 0 Å². The van der Waals surface area contributed by atoms with E-state index >= 15 is 0 Å². The molecule has 0 bridgehead atoms. The zero-order valence-electron chi connectivity index (χ0n) is 8.29. The standard InChI is InChI=1S/C10H15BrO2S/c1-2-3-4-5-6-9-7-8-10(11)14(9,12)13/h7-8H,2-6H2,1H3. The van der Waals surface area contributed by atoms with Gasteiger partial charge in [0.15, 0.2) is 0 Å². The molecule has 0 aliphatic carbocycles. The van der Waals surface area contributed by atoms with Gasteiger partial charge in [-0.15, -0.1) is 0 Å². The lowest BCUT2D eigenvalue weighted by Crippen LogP contribution is -1.99. The quantitative estimate of drug-likeness (QED) is 0.722. The summed E-state index contributed by atoms with van der Waals surface area (Å²) in [5.74, 6) is 0. The molecule has 0 aromatic heterocycles. The van der Waals surface area contributed by atoms with Gasteiger partial charge in [0.1, 0.15) is 3.81 Å². The topological polar surface area (TPSA) is 34.1 Å². The van der Waals surface area contributed by atoms with E-state index in [2.05, 4.69) is 22.9 Å². The molecule has 2 nitrogen and oxygen atoms in total. The van der Waals surface area contributed by atoms with E-state index in [0.717, 1.165) is 12.8 Å². The van der Waals surface area contributed by atoms with Crippen LogP contribution < -0.4 is 0 Å². The van der Waals surface area contributed by atoms with Gasteiger partial charge in [-0.3, -0.25) is 0 Å². The molecule has 0 N–H and O–H groups in total. The molecule has 0 unspecified atom stereocenters. The monoisotopic (exact) mass is 278 g/mol. The molecule has 0 amide bonds. The number of hydrogen-bond donors (Lipinski definition) is 0. The summed E-state index contributed by atoms with van der Waals surface area (Å²) >= 11 is 3.04. The molecule has 0 fully saturated rings. The summed E-state index contributed by atoms with van der Waals surface area (Å²) in [5.41, 5.74) is 0. The molecule has 80 valence electrons. The van der Waals surface area contributed by atoms with Crippen molar-refractivity contribution in [3.63, 3.8) is 0 Å². The Hall–Kier alpha value is -0.0900. The van der Waals surface area contributed by atoms with Gasteiger partial charge in [-0.05, 0) is 40.9 Å². The molecule has 0 atom stereocenters. The van der Waals surface area contributed by atoms with Gasteiger partial charge in [0, 0.05) is 4.91 Å². The molecule has 1 aliphatic rings.